The quantitative estimate of drug-likeness (QED) is 0.720. The second kappa shape index (κ2) is 5.45. The molecule has 0 bridgehead atoms. The van der Waals surface area contributed by atoms with Gasteiger partial charge >= 0.3 is 0 Å². The fraction of sp³-hybridized carbons (Fsp3) is 0.333. The van der Waals surface area contributed by atoms with Gasteiger partial charge in [-0.2, -0.15) is 0 Å². The van der Waals surface area contributed by atoms with Crippen LogP contribution in [0.1, 0.15) is 18.5 Å². The minimum absolute atomic E-state index is 0.250. The molecule has 2 aromatic heterocycles. The zero-order valence-electron chi connectivity index (χ0n) is 9.60. The summed E-state index contributed by atoms with van der Waals surface area (Å²) >= 11 is 0. The van der Waals surface area contributed by atoms with Crippen LogP contribution in [0.5, 0.6) is 0 Å². The molecule has 0 saturated carbocycles. The highest BCUT2D eigenvalue weighted by Crippen LogP contribution is 2.03. The average Bonchev–Trinajstić information content (AvgIpc) is 2.70. The number of pyridine rings is 1. The number of hydrogen-bond acceptors (Lipinski definition) is 3. The first-order valence-electron chi connectivity index (χ1n) is 5.67. The maximum absolute atomic E-state index is 10.5. The molecule has 0 aromatic carbocycles. The summed E-state index contributed by atoms with van der Waals surface area (Å²) < 4.78 is 1.99. The summed E-state index contributed by atoms with van der Waals surface area (Å²) in [6.07, 6.45) is 5.16. The van der Waals surface area contributed by atoms with Crippen LogP contribution in [0.3, 0.4) is 0 Å². The molecule has 5 nitrogen and oxygen atoms in total. The number of imidazole rings is 1. The van der Waals surface area contributed by atoms with Gasteiger partial charge in [-0.3, -0.25) is 4.79 Å². The van der Waals surface area contributed by atoms with Crippen molar-refractivity contribution in [3.63, 3.8) is 0 Å². The number of nitrogens with one attached hydrogen (secondary N) is 1. The van der Waals surface area contributed by atoms with Gasteiger partial charge < -0.3 is 15.5 Å². The van der Waals surface area contributed by atoms with Gasteiger partial charge in [-0.05, 0) is 25.1 Å². The Kier molecular flexibility index (Phi) is 3.72. The molecule has 0 spiro atoms. The van der Waals surface area contributed by atoms with Crippen LogP contribution < -0.4 is 11.1 Å². The van der Waals surface area contributed by atoms with Crippen LogP contribution in [0.2, 0.25) is 0 Å². The van der Waals surface area contributed by atoms with E-state index in [0.717, 1.165) is 24.3 Å². The Hall–Kier alpha value is -1.88. The molecule has 5 heteroatoms. The van der Waals surface area contributed by atoms with Crippen LogP contribution >= 0.6 is 0 Å². The monoisotopic (exact) mass is 232 g/mol. The van der Waals surface area contributed by atoms with Gasteiger partial charge in [-0.15, -0.1) is 0 Å². The Morgan fingerprint density at radius 2 is 2.35 bits per heavy atom. The average molecular weight is 232 g/mol. The molecule has 1 amide bonds. The van der Waals surface area contributed by atoms with E-state index < -0.39 is 0 Å². The lowest BCUT2D eigenvalue weighted by Crippen LogP contribution is -2.18. The molecule has 0 aliphatic heterocycles. The lowest BCUT2D eigenvalue weighted by Gasteiger charge is -2.00. The Morgan fingerprint density at radius 1 is 1.47 bits per heavy atom. The molecular formula is C12H16N4O. The van der Waals surface area contributed by atoms with Crippen LogP contribution in [-0.4, -0.2) is 21.8 Å². The van der Waals surface area contributed by atoms with Crippen LogP contribution in [0.25, 0.3) is 5.65 Å². The smallest absolute Gasteiger partial charge is 0.217 e. The van der Waals surface area contributed by atoms with Crippen molar-refractivity contribution in [3.8, 4) is 0 Å². The second-order valence-electron chi connectivity index (χ2n) is 3.94. The molecule has 90 valence electrons. The summed E-state index contributed by atoms with van der Waals surface area (Å²) in [4.78, 5) is 15.0. The van der Waals surface area contributed by atoms with E-state index in [4.69, 9.17) is 5.73 Å². The standard InChI is InChI=1S/C12H16N4O/c13-11(17)4-3-6-14-8-10-9-16-7-2-1-5-12(16)15-10/h1-2,5,7,9,14H,3-4,6,8H2,(H2,13,17). The molecule has 0 aliphatic rings. The lowest BCUT2D eigenvalue weighted by molar-refractivity contribution is -0.118. The van der Waals surface area contributed by atoms with Crippen molar-refractivity contribution in [3.05, 3.63) is 36.3 Å². The maximum Gasteiger partial charge on any atom is 0.217 e. The number of nitrogens with zero attached hydrogens (tertiary/aromatic N) is 2. The third kappa shape index (κ3) is 3.29. The van der Waals surface area contributed by atoms with E-state index in [1.165, 1.54) is 0 Å². The van der Waals surface area contributed by atoms with Crippen molar-refractivity contribution in [1.29, 1.82) is 0 Å². The summed E-state index contributed by atoms with van der Waals surface area (Å²) in [6.45, 7) is 1.48. The fourth-order valence-electron chi connectivity index (χ4n) is 1.68. The molecule has 0 unspecified atom stereocenters. The number of carbonyl (C=O) groups is 1. The molecular weight excluding hydrogens is 216 g/mol. The summed E-state index contributed by atoms with van der Waals surface area (Å²) in [5.41, 5.74) is 7.00. The Labute approximate surface area is 99.6 Å². The van der Waals surface area contributed by atoms with Gasteiger partial charge in [-0.1, -0.05) is 6.07 Å². The Morgan fingerprint density at radius 3 is 3.12 bits per heavy atom. The van der Waals surface area contributed by atoms with Crippen molar-refractivity contribution in [2.45, 2.75) is 19.4 Å². The molecule has 2 rings (SSSR count). The number of carbonyl (C=O) groups excluding carboxylic acids is 1. The fourth-order valence-corrected chi connectivity index (χ4v) is 1.68. The lowest BCUT2D eigenvalue weighted by atomic mass is 10.3. The molecule has 0 aliphatic carbocycles. The first-order valence-corrected chi connectivity index (χ1v) is 5.67. The van der Waals surface area contributed by atoms with Gasteiger partial charge in [-0.25, -0.2) is 4.98 Å². The van der Waals surface area contributed by atoms with Gasteiger partial charge in [0.1, 0.15) is 5.65 Å². The summed E-state index contributed by atoms with van der Waals surface area (Å²) in [6, 6.07) is 5.90. The van der Waals surface area contributed by atoms with Crippen LogP contribution in [-0.2, 0) is 11.3 Å². The number of fused-ring (bicyclic) bond motifs is 1. The van der Waals surface area contributed by atoms with E-state index in [1.807, 2.05) is 35.0 Å². The van der Waals surface area contributed by atoms with Crippen LogP contribution in [0.4, 0.5) is 0 Å². The topological polar surface area (TPSA) is 72.4 Å². The third-order valence-corrected chi connectivity index (χ3v) is 2.50. The molecule has 0 atom stereocenters. The van der Waals surface area contributed by atoms with Gasteiger partial charge in [0.15, 0.2) is 0 Å². The summed E-state index contributed by atoms with van der Waals surface area (Å²) in [7, 11) is 0. The molecule has 0 radical (unpaired) electrons. The van der Waals surface area contributed by atoms with Crippen molar-refractivity contribution in [1.82, 2.24) is 14.7 Å². The zero-order chi connectivity index (χ0) is 12.1. The number of amides is 1. The molecule has 2 aromatic rings. The molecule has 3 N–H and O–H groups in total. The number of hydrogen-bond donors (Lipinski definition) is 2. The largest absolute Gasteiger partial charge is 0.370 e. The molecule has 2 heterocycles. The first kappa shape index (κ1) is 11.6. The van der Waals surface area contributed by atoms with Gasteiger partial charge in [0, 0.05) is 25.4 Å². The number of rotatable bonds is 6. The van der Waals surface area contributed by atoms with Gasteiger partial charge in [0.05, 0.1) is 5.69 Å². The second-order valence-corrected chi connectivity index (χ2v) is 3.94. The predicted octanol–water partition coefficient (Wildman–Crippen LogP) is 0.689. The van der Waals surface area contributed by atoms with Gasteiger partial charge in [0.2, 0.25) is 5.91 Å². The summed E-state index contributed by atoms with van der Waals surface area (Å²) in [5, 5.41) is 3.23. The maximum atomic E-state index is 10.5. The van der Waals surface area contributed by atoms with E-state index in [0.29, 0.717) is 13.0 Å². The molecule has 0 fully saturated rings. The normalized spacial score (nSPS) is 10.8. The minimum atomic E-state index is -0.250. The Bertz CT molecular complexity index is 473. The highest BCUT2D eigenvalue weighted by atomic mass is 16.1. The zero-order valence-corrected chi connectivity index (χ0v) is 9.60. The van der Waals surface area contributed by atoms with E-state index in [-0.39, 0.29) is 5.91 Å². The predicted molar refractivity (Wildman–Crippen MR) is 65.3 cm³/mol. The highest BCUT2D eigenvalue weighted by molar-refractivity contribution is 5.73. The van der Waals surface area contributed by atoms with Crippen LogP contribution in [0.15, 0.2) is 30.6 Å². The third-order valence-electron chi connectivity index (χ3n) is 2.50. The summed E-state index contributed by atoms with van der Waals surface area (Å²) in [5.74, 6) is -0.250. The van der Waals surface area contributed by atoms with Crippen molar-refractivity contribution in [2.24, 2.45) is 5.73 Å². The number of primary amides is 1. The van der Waals surface area contributed by atoms with E-state index in [1.54, 1.807) is 0 Å². The minimum Gasteiger partial charge on any atom is -0.370 e. The molecule has 0 saturated heterocycles. The van der Waals surface area contributed by atoms with E-state index in [2.05, 4.69) is 10.3 Å². The van der Waals surface area contributed by atoms with Crippen molar-refractivity contribution in [2.75, 3.05) is 6.54 Å². The van der Waals surface area contributed by atoms with Crippen LogP contribution in [0, 0.1) is 0 Å². The SMILES string of the molecule is NC(=O)CCCNCc1cn2ccccc2n1. The highest BCUT2D eigenvalue weighted by Gasteiger charge is 2.00. The molecule has 17 heavy (non-hydrogen) atoms. The van der Waals surface area contributed by atoms with E-state index >= 15 is 0 Å². The van der Waals surface area contributed by atoms with E-state index in [9.17, 15) is 4.79 Å². The number of nitrogens with two attached hydrogens (primary N) is 1. The Balaban J connectivity index is 1.81. The van der Waals surface area contributed by atoms with Gasteiger partial charge in [0.25, 0.3) is 0 Å². The van der Waals surface area contributed by atoms with Crippen molar-refractivity contribution >= 4 is 11.6 Å². The van der Waals surface area contributed by atoms with Crippen molar-refractivity contribution < 1.29 is 4.79 Å². The first-order chi connectivity index (χ1) is 8.25. The number of aromatic nitrogens is 2.